The number of ether oxygens (including phenoxy) is 1. The molecule has 2 aliphatic rings. The lowest BCUT2D eigenvalue weighted by Crippen LogP contribution is -2.34. The third-order valence-corrected chi connectivity index (χ3v) is 6.75. The molecule has 2 atom stereocenters. The van der Waals surface area contributed by atoms with E-state index >= 15 is 0 Å². The van der Waals surface area contributed by atoms with Gasteiger partial charge in [-0.2, -0.15) is 5.10 Å². The van der Waals surface area contributed by atoms with Crippen molar-refractivity contribution in [3.8, 4) is 5.75 Å². The fraction of sp³-hybridized carbons (Fsp3) is 0.136. The summed E-state index contributed by atoms with van der Waals surface area (Å²) in [7, 11) is 0. The van der Waals surface area contributed by atoms with E-state index in [1.165, 1.54) is 0 Å². The molecule has 0 unspecified atom stereocenters. The highest BCUT2D eigenvalue weighted by atomic mass is 79.9. The van der Waals surface area contributed by atoms with E-state index in [1.54, 1.807) is 6.07 Å². The van der Waals surface area contributed by atoms with Gasteiger partial charge in [-0.05, 0) is 45.8 Å². The SMILES string of the molecule is Clc1ccc([C@@H]2Oc3c(Br)cc(Br)cc3[C@H]3CC(c4ccccc4)=NN32)c(Cl)c1. The molecule has 7 heteroatoms. The zero-order valence-electron chi connectivity index (χ0n) is 14.9. The molecule has 0 radical (unpaired) electrons. The van der Waals surface area contributed by atoms with E-state index < -0.39 is 6.23 Å². The van der Waals surface area contributed by atoms with Crippen molar-refractivity contribution in [2.45, 2.75) is 18.7 Å². The second-order valence-corrected chi connectivity index (χ2v) is 9.57. The van der Waals surface area contributed by atoms with Gasteiger partial charge in [0.2, 0.25) is 6.23 Å². The molecule has 3 aromatic carbocycles. The molecule has 146 valence electrons. The summed E-state index contributed by atoms with van der Waals surface area (Å²) in [5.41, 5.74) is 4.05. The van der Waals surface area contributed by atoms with Crippen molar-refractivity contribution < 1.29 is 4.74 Å². The van der Waals surface area contributed by atoms with Crippen LogP contribution in [0.4, 0.5) is 0 Å². The van der Waals surface area contributed by atoms with Crippen LogP contribution in [0.1, 0.15) is 35.4 Å². The van der Waals surface area contributed by atoms with E-state index in [2.05, 4.69) is 50.1 Å². The van der Waals surface area contributed by atoms with Gasteiger partial charge in [0.15, 0.2) is 0 Å². The molecule has 2 heterocycles. The average Bonchev–Trinajstić information content (AvgIpc) is 3.15. The fourth-order valence-electron chi connectivity index (χ4n) is 3.83. The Morgan fingerprint density at radius 3 is 2.52 bits per heavy atom. The van der Waals surface area contributed by atoms with Crippen molar-refractivity contribution in [3.63, 3.8) is 0 Å². The number of nitrogens with zero attached hydrogens (tertiary/aromatic N) is 2. The van der Waals surface area contributed by atoms with Crippen LogP contribution in [0.5, 0.6) is 5.75 Å². The summed E-state index contributed by atoms with van der Waals surface area (Å²) in [6.07, 6.45) is 0.335. The first kappa shape index (κ1) is 19.4. The number of rotatable bonds is 2. The summed E-state index contributed by atoms with van der Waals surface area (Å²) in [5, 5.41) is 8.12. The van der Waals surface area contributed by atoms with Crippen LogP contribution in [-0.4, -0.2) is 10.7 Å². The van der Waals surface area contributed by atoms with Crippen LogP contribution in [0.15, 0.2) is 74.7 Å². The van der Waals surface area contributed by atoms with E-state index in [1.807, 2.05) is 41.4 Å². The van der Waals surface area contributed by atoms with Gasteiger partial charge in [0, 0.05) is 27.0 Å². The molecule has 0 aliphatic carbocycles. The first-order valence-corrected chi connectivity index (χ1v) is 11.4. The summed E-state index contributed by atoms with van der Waals surface area (Å²) in [4.78, 5) is 0. The van der Waals surface area contributed by atoms with Crippen LogP contribution in [0.3, 0.4) is 0 Å². The Balaban J connectivity index is 1.66. The third-order valence-electron chi connectivity index (χ3n) is 5.14. The normalized spacial score (nSPS) is 20.0. The molecule has 3 nitrogen and oxygen atoms in total. The molecule has 2 aliphatic heterocycles. The minimum atomic E-state index is -0.448. The smallest absolute Gasteiger partial charge is 0.215 e. The average molecular weight is 553 g/mol. The van der Waals surface area contributed by atoms with Crippen LogP contribution in [0, 0.1) is 0 Å². The molecule has 0 saturated carbocycles. The van der Waals surface area contributed by atoms with Crippen LogP contribution in [-0.2, 0) is 0 Å². The lowest BCUT2D eigenvalue weighted by atomic mass is 9.96. The molecule has 0 fully saturated rings. The van der Waals surface area contributed by atoms with Crippen molar-refractivity contribution in [2.75, 3.05) is 0 Å². The Bertz CT molecular complexity index is 1140. The van der Waals surface area contributed by atoms with E-state index in [-0.39, 0.29) is 6.04 Å². The maximum atomic E-state index is 6.54. The minimum Gasteiger partial charge on any atom is -0.463 e. The van der Waals surface area contributed by atoms with Gasteiger partial charge in [0.05, 0.1) is 21.2 Å². The van der Waals surface area contributed by atoms with Gasteiger partial charge in [-0.1, -0.05) is 75.5 Å². The van der Waals surface area contributed by atoms with Gasteiger partial charge < -0.3 is 4.74 Å². The molecule has 5 rings (SSSR count). The van der Waals surface area contributed by atoms with Crippen LogP contribution < -0.4 is 4.74 Å². The third kappa shape index (κ3) is 3.48. The lowest BCUT2D eigenvalue weighted by Gasteiger charge is -2.39. The van der Waals surface area contributed by atoms with E-state index in [0.29, 0.717) is 10.0 Å². The fourth-order valence-corrected chi connectivity index (χ4v) is 5.68. The first-order chi connectivity index (χ1) is 14.0. The first-order valence-electron chi connectivity index (χ1n) is 9.03. The Morgan fingerprint density at radius 2 is 1.76 bits per heavy atom. The standard InChI is InChI=1S/C22H14Br2Cl2N2O/c23-13-8-16-20-11-19(12-4-2-1-3-5-12)27-28(20)22(29-21(16)17(24)9-13)15-7-6-14(25)10-18(15)26/h1-10,20,22H,11H2/t20-,22+/m1/s1. The summed E-state index contributed by atoms with van der Waals surface area (Å²) in [6.45, 7) is 0. The molecule has 3 aromatic rings. The zero-order valence-corrected chi connectivity index (χ0v) is 19.6. The lowest BCUT2D eigenvalue weighted by molar-refractivity contribution is -0.0196. The van der Waals surface area contributed by atoms with Gasteiger partial charge in [0.1, 0.15) is 5.75 Å². The maximum absolute atomic E-state index is 6.54. The van der Waals surface area contributed by atoms with Gasteiger partial charge in [0.25, 0.3) is 0 Å². The van der Waals surface area contributed by atoms with Gasteiger partial charge in [-0.25, -0.2) is 5.01 Å². The highest BCUT2D eigenvalue weighted by molar-refractivity contribution is 9.11. The Labute approximate surface area is 195 Å². The Hall–Kier alpha value is -1.53. The monoisotopic (exact) mass is 550 g/mol. The number of hydrazone groups is 1. The second-order valence-electron chi connectivity index (χ2n) is 6.95. The van der Waals surface area contributed by atoms with Crippen molar-refractivity contribution in [3.05, 3.63) is 96.3 Å². The summed E-state index contributed by atoms with van der Waals surface area (Å²) in [5.74, 6) is 0.815. The molecular weight excluding hydrogens is 539 g/mol. The number of fused-ring (bicyclic) bond motifs is 3. The van der Waals surface area contributed by atoms with E-state index in [9.17, 15) is 0 Å². The summed E-state index contributed by atoms with van der Waals surface area (Å²) >= 11 is 19.9. The van der Waals surface area contributed by atoms with Crippen molar-refractivity contribution in [1.29, 1.82) is 0 Å². The van der Waals surface area contributed by atoms with E-state index in [0.717, 1.165) is 43.5 Å². The van der Waals surface area contributed by atoms with Crippen molar-refractivity contribution in [1.82, 2.24) is 5.01 Å². The molecule has 29 heavy (non-hydrogen) atoms. The molecule has 0 amide bonds. The molecular formula is C22H14Br2Cl2N2O. The second kappa shape index (κ2) is 7.62. The minimum absolute atomic E-state index is 0.0412. The largest absolute Gasteiger partial charge is 0.463 e. The predicted octanol–water partition coefficient (Wildman–Crippen LogP) is 7.76. The number of hydrogen-bond acceptors (Lipinski definition) is 3. The molecule has 0 saturated heterocycles. The molecule has 0 aromatic heterocycles. The van der Waals surface area contributed by atoms with Crippen LogP contribution >= 0.6 is 55.1 Å². The van der Waals surface area contributed by atoms with Gasteiger partial charge in [-0.3, -0.25) is 0 Å². The van der Waals surface area contributed by atoms with Gasteiger partial charge >= 0.3 is 0 Å². The molecule has 0 bridgehead atoms. The molecule has 0 spiro atoms. The Morgan fingerprint density at radius 1 is 0.966 bits per heavy atom. The van der Waals surface area contributed by atoms with Gasteiger partial charge in [-0.15, -0.1) is 0 Å². The summed E-state index contributed by atoms with van der Waals surface area (Å²) in [6, 6.07) is 19.8. The topological polar surface area (TPSA) is 24.8 Å². The quantitative estimate of drug-likeness (QED) is 0.324. The number of benzene rings is 3. The van der Waals surface area contributed by atoms with E-state index in [4.69, 9.17) is 33.0 Å². The maximum Gasteiger partial charge on any atom is 0.215 e. The molecule has 0 N–H and O–H groups in total. The van der Waals surface area contributed by atoms with Crippen molar-refractivity contribution >= 4 is 60.8 Å². The zero-order chi connectivity index (χ0) is 20.1. The van der Waals surface area contributed by atoms with Crippen LogP contribution in [0.25, 0.3) is 0 Å². The van der Waals surface area contributed by atoms with Crippen LogP contribution in [0.2, 0.25) is 10.0 Å². The number of hydrogen-bond donors (Lipinski definition) is 0. The Kier molecular flexibility index (Phi) is 5.11. The predicted molar refractivity (Wildman–Crippen MR) is 124 cm³/mol. The highest BCUT2D eigenvalue weighted by Crippen LogP contribution is 2.51. The summed E-state index contributed by atoms with van der Waals surface area (Å²) < 4.78 is 8.33. The number of halogens is 4. The van der Waals surface area contributed by atoms with Crippen molar-refractivity contribution in [2.24, 2.45) is 5.10 Å². The highest BCUT2D eigenvalue weighted by Gasteiger charge is 2.42.